The van der Waals surface area contributed by atoms with Crippen molar-refractivity contribution in [3.63, 3.8) is 0 Å². The Labute approximate surface area is 124 Å². The van der Waals surface area contributed by atoms with Crippen molar-refractivity contribution in [2.45, 2.75) is 25.7 Å². The average Bonchev–Trinajstić information content (AvgIpc) is 2.53. The molecule has 0 saturated heterocycles. The van der Waals surface area contributed by atoms with Crippen molar-refractivity contribution in [1.82, 2.24) is 0 Å². The van der Waals surface area contributed by atoms with E-state index in [1.807, 2.05) is 18.2 Å². The lowest BCUT2D eigenvalue weighted by Crippen LogP contribution is -2.41. The highest BCUT2D eigenvalue weighted by Crippen LogP contribution is 2.30. The number of para-hydroxylation sites is 1. The zero-order chi connectivity index (χ0) is 15.2. The Balaban J connectivity index is 2.10. The number of hydrogen-bond acceptors (Lipinski definition) is 3. The van der Waals surface area contributed by atoms with Gasteiger partial charge in [-0.15, -0.1) is 0 Å². The Morgan fingerprint density at radius 2 is 1.76 bits per heavy atom. The first-order valence-electron chi connectivity index (χ1n) is 7.40. The molecule has 1 amide bonds. The third-order valence-electron chi connectivity index (χ3n) is 4.16. The quantitative estimate of drug-likeness (QED) is 0.867. The largest absolute Gasteiger partial charge is 0.480 e. The summed E-state index contributed by atoms with van der Waals surface area (Å²) in [6.07, 6.45) is 3.48. The van der Waals surface area contributed by atoms with E-state index in [9.17, 15) is 9.59 Å². The van der Waals surface area contributed by atoms with E-state index in [1.165, 1.54) is 4.90 Å². The van der Waals surface area contributed by atoms with Crippen molar-refractivity contribution in [3.8, 4) is 0 Å². The van der Waals surface area contributed by atoms with Crippen molar-refractivity contribution in [2.24, 2.45) is 17.6 Å². The van der Waals surface area contributed by atoms with Crippen LogP contribution in [0.25, 0.3) is 0 Å². The number of nitrogens with zero attached hydrogens (tertiary/aromatic N) is 1. The molecular weight excluding hydrogens is 268 g/mol. The Bertz CT molecular complexity index is 482. The second-order valence-electron chi connectivity index (χ2n) is 5.61. The molecule has 2 rings (SSSR count). The van der Waals surface area contributed by atoms with Gasteiger partial charge in [0.05, 0.1) is 0 Å². The molecule has 1 aromatic carbocycles. The van der Waals surface area contributed by atoms with E-state index in [1.54, 1.807) is 12.1 Å². The lowest BCUT2D eigenvalue weighted by Gasteiger charge is -2.31. The van der Waals surface area contributed by atoms with Crippen molar-refractivity contribution >= 4 is 17.6 Å². The maximum Gasteiger partial charge on any atom is 0.323 e. The first-order chi connectivity index (χ1) is 10.1. The Morgan fingerprint density at radius 3 is 2.29 bits per heavy atom. The Hall–Kier alpha value is -1.88. The minimum absolute atomic E-state index is 0.0842. The first kappa shape index (κ1) is 15.5. The maximum atomic E-state index is 12.7. The average molecular weight is 290 g/mol. The molecule has 0 heterocycles. The van der Waals surface area contributed by atoms with Gasteiger partial charge in [0.1, 0.15) is 6.54 Å². The zero-order valence-electron chi connectivity index (χ0n) is 12.1. The number of nitrogens with two attached hydrogens (primary N) is 1. The lowest BCUT2D eigenvalue weighted by atomic mass is 9.81. The summed E-state index contributed by atoms with van der Waals surface area (Å²) < 4.78 is 0. The number of benzene rings is 1. The number of anilines is 1. The van der Waals surface area contributed by atoms with Crippen LogP contribution in [0.2, 0.25) is 0 Å². The number of carboxylic acid groups (broad SMARTS) is 1. The number of carbonyl (C=O) groups is 2. The van der Waals surface area contributed by atoms with E-state index in [2.05, 4.69) is 0 Å². The summed E-state index contributed by atoms with van der Waals surface area (Å²) in [5, 5.41) is 9.06. The van der Waals surface area contributed by atoms with Gasteiger partial charge >= 0.3 is 5.97 Å². The lowest BCUT2D eigenvalue weighted by molar-refractivity contribution is -0.137. The molecule has 0 aliphatic heterocycles. The number of rotatable bonds is 5. The number of hydrogen-bond donors (Lipinski definition) is 2. The van der Waals surface area contributed by atoms with E-state index >= 15 is 0 Å². The van der Waals surface area contributed by atoms with E-state index in [-0.39, 0.29) is 18.4 Å². The zero-order valence-corrected chi connectivity index (χ0v) is 12.1. The molecule has 0 atom stereocenters. The fraction of sp³-hybridized carbons (Fsp3) is 0.500. The van der Waals surface area contributed by atoms with E-state index in [0.717, 1.165) is 25.7 Å². The standard InChI is InChI=1S/C16H22N2O3/c17-10-12-6-8-13(9-7-12)16(21)18(11-15(19)20)14-4-2-1-3-5-14/h1-5,12-13H,6-11,17H2,(H,19,20). The topological polar surface area (TPSA) is 83.6 Å². The van der Waals surface area contributed by atoms with Gasteiger partial charge in [0.15, 0.2) is 0 Å². The van der Waals surface area contributed by atoms with Gasteiger partial charge in [-0.2, -0.15) is 0 Å². The summed E-state index contributed by atoms with van der Waals surface area (Å²) in [7, 11) is 0. The number of amides is 1. The van der Waals surface area contributed by atoms with Crippen LogP contribution in [-0.4, -0.2) is 30.1 Å². The summed E-state index contributed by atoms with van der Waals surface area (Å²) in [5.74, 6) is -0.673. The highest BCUT2D eigenvalue weighted by molar-refractivity contribution is 5.98. The number of carbonyl (C=O) groups excluding carboxylic acids is 1. The van der Waals surface area contributed by atoms with Crippen LogP contribution >= 0.6 is 0 Å². The second kappa shape index (κ2) is 7.22. The molecule has 0 spiro atoms. The van der Waals surface area contributed by atoms with Crippen molar-refractivity contribution in [1.29, 1.82) is 0 Å². The van der Waals surface area contributed by atoms with Crippen LogP contribution in [0.15, 0.2) is 30.3 Å². The molecule has 1 aromatic rings. The van der Waals surface area contributed by atoms with Gasteiger partial charge in [-0.1, -0.05) is 18.2 Å². The molecule has 5 nitrogen and oxygen atoms in total. The van der Waals surface area contributed by atoms with Gasteiger partial charge < -0.3 is 15.7 Å². The van der Waals surface area contributed by atoms with Crippen LogP contribution in [0.5, 0.6) is 0 Å². The minimum Gasteiger partial charge on any atom is -0.480 e. The summed E-state index contributed by atoms with van der Waals surface area (Å²) in [6, 6.07) is 9.00. The van der Waals surface area contributed by atoms with Gasteiger partial charge in [-0.05, 0) is 50.3 Å². The predicted octanol–water partition coefficient (Wildman–Crippen LogP) is 1.87. The molecular formula is C16H22N2O3. The molecule has 21 heavy (non-hydrogen) atoms. The molecule has 1 aliphatic rings. The van der Waals surface area contributed by atoms with Crippen LogP contribution in [0.3, 0.4) is 0 Å². The van der Waals surface area contributed by atoms with Crippen LogP contribution < -0.4 is 10.6 Å². The molecule has 0 unspecified atom stereocenters. The van der Waals surface area contributed by atoms with E-state index in [0.29, 0.717) is 18.2 Å². The van der Waals surface area contributed by atoms with Crippen LogP contribution in [0.1, 0.15) is 25.7 Å². The summed E-state index contributed by atoms with van der Waals surface area (Å²) in [6.45, 7) is 0.373. The van der Waals surface area contributed by atoms with Crippen molar-refractivity contribution in [3.05, 3.63) is 30.3 Å². The molecule has 0 aromatic heterocycles. The fourth-order valence-electron chi connectivity index (χ4n) is 2.91. The third-order valence-corrected chi connectivity index (χ3v) is 4.16. The van der Waals surface area contributed by atoms with Gasteiger partial charge in [0.25, 0.3) is 0 Å². The van der Waals surface area contributed by atoms with E-state index in [4.69, 9.17) is 10.8 Å². The predicted molar refractivity (Wildman–Crippen MR) is 80.9 cm³/mol. The molecule has 1 saturated carbocycles. The van der Waals surface area contributed by atoms with Gasteiger partial charge in [-0.25, -0.2) is 0 Å². The minimum atomic E-state index is -0.997. The van der Waals surface area contributed by atoms with Crippen LogP contribution in [-0.2, 0) is 9.59 Å². The molecule has 1 fully saturated rings. The molecule has 0 bridgehead atoms. The maximum absolute atomic E-state index is 12.7. The number of aliphatic carboxylic acids is 1. The van der Waals surface area contributed by atoms with Crippen molar-refractivity contribution in [2.75, 3.05) is 18.0 Å². The third kappa shape index (κ3) is 4.04. The summed E-state index contributed by atoms with van der Waals surface area (Å²) in [4.78, 5) is 25.1. The van der Waals surface area contributed by atoms with Gasteiger partial charge in [0.2, 0.25) is 5.91 Å². The summed E-state index contributed by atoms with van der Waals surface area (Å²) in [5.41, 5.74) is 6.31. The van der Waals surface area contributed by atoms with Gasteiger partial charge in [0, 0.05) is 11.6 Å². The van der Waals surface area contributed by atoms with E-state index < -0.39 is 5.97 Å². The highest BCUT2D eigenvalue weighted by atomic mass is 16.4. The molecule has 0 radical (unpaired) electrons. The molecule has 5 heteroatoms. The Morgan fingerprint density at radius 1 is 1.14 bits per heavy atom. The first-order valence-corrected chi connectivity index (χ1v) is 7.40. The normalized spacial score (nSPS) is 21.8. The van der Waals surface area contributed by atoms with Crippen molar-refractivity contribution < 1.29 is 14.7 Å². The molecule has 1 aliphatic carbocycles. The van der Waals surface area contributed by atoms with Gasteiger partial charge in [-0.3, -0.25) is 9.59 Å². The van der Waals surface area contributed by atoms with Crippen LogP contribution in [0, 0.1) is 11.8 Å². The SMILES string of the molecule is NCC1CCC(C(=O)N(CC(=O)O)c2ccccc2)CC1. The molecule has 114 valence electrons. The highest BCUT2D eigenvalue weighted by Gasteiger charge is 2.30. The smallest absolute Gasteiger partial charge is 0.323 e. The second-order valence-corrected chi connectivity index (χ2v) is 5.61. The monoisotopic (exact) mass is 290 g/mol. The summed E-state index contributed by atoms with van der Waals surface area (Å²) >= 11 is 0. The number of carboxylic acids is 1. The van der Waals surface area contributed by atoms with Crippen LogP contribution in [0.4, 0.5) is 5.69 Å². The fourth-order valence-corrected chi connectivity index (χ4v) is 2.91. The Kier molecular flexibility index (Phi) is 5.33. The molecule has 3 N–H and O–H groups in total.